The molecule has 0 fully saturated rings. The summed E-state index contributed by atoms with van der Waals surface area (Å²) in [6.45, 7) is 2.39. The molecular weight excluding hydrogens is 182 g/mol. The third-order valence-corrected chi connectivity index (χ3v) is 1.63. The Morgan fingerprint density at radius 1 is 1.43 bits per heavy atom. The number of hydrogen-bond donors (Lipinski definition) is 1. The van der Waals surface area contributed by atoms with Gasteiger partial charge in [-0.05, 0) is 19.1 Å². The molecule has 0 saturated carbocycles. The van der Waals surface area contributed by atoms with Crippen LogP contribution in [0.25, 0.3) is 0 Å². The number of ether oxygens (including phenoxy) is 1. The molecule has 0 aliphatic rings. The van der Waals surface area contributed by atoms with E-state index >= 15 is 0 Å². The normalized spacial score (nSPS) is 9.57. The van der Waals surface area contributed by atoms with Crippen molar-refractivity contribution in [1.29, 1.82) is 0 Å². The molecule has 0 aromatic heterocycles. The average molecular weight is 195 g/mol. The molecule has 0 saturated heterocycles. The number of benzene rings is 1. The van der Waals surface area contributed by atoms with Crippen LogP contribution in [0.3, 0.4) is 0 Å². The van der Waals surface area contributed by atoms with Crippen molar-refractivity contribution in [2.45, 2.75) is 6.92 Å². The van der Waals surface area contributed by atoms with Crippen molar-refractivity contribution in [1.82, 2.24) is 5.48 Å². The number of carbonyl (C=O) groups excluding carboxylic acids is 1. The zero-order chi connectivity index (χ0) is 10.4. The van der Waals surface area contributed by atoms with E-state index in [-0.39, 0.29) is 5.91 Å². The number of hydrogen-bond acceptors (Lipinski definition) is 3. The largest absolute Gasteiger partial charge is 0.493 e. The first-order chi connectivity index (χ1) is 6.79. The standard InChI is InChI=1S/C10H13NO3/c1-3-14-9-7-5-4-6-8(9)10(12)11-13-2/h4-7H,3H2,1-2H3,(H,11,12). The molecular formula is C10H13NO3. The molecule has 1 aromatic rings. The van der Waals surface area contributed by atoms with Crippen LogP contribution in [0.4, 0.5) is 0 Å². The number of hydroxylamine groups is 1. The summed E-state index contributed by atoms with van der Waals surface area (Å²) in [5.41, 5.74) is 2.71. The molecule has 0 atom stereocenters. The van der Waals surface area contributed by atoms with Gasteiger partial charge in [-0.15, -0.1) is 0 Å². The van der Waals surface area contributed by atoms with Crippen molar-refractivity contribution < 1.29 is 14.4 Å². The zero-order valence-corrected chi connectivity index (χ0v) is 8.24. The van der Waals surface area contributed by atoms with E-state index in [1.54, 1.807) is 18.2 Å². The number of carbonyl (C=O) groups is 1. The number of para-hydroxylation sites is 1. The Labute approximate surface area is 82.8 Å². The Morgan fingerprint density at radius 2 is 2.14 bits per heavy atom. The van der Waals surface area contributed by atoms with Gasteiger partial charge in [0.2, 0.25) is 0 Å². The summed E-state index contributed by atoms with van der Waals surface area (Å²) < 4.78 is 5.29. The van der Waals surface area contributed by atoms with Gasteiger partial charge in [0.05, 0.1) is 19.3 Å². The van der Waals surface area contributed by atoms with Crippen LogP contribution in [0.2, 0.25) is 0 Å². The first kappa shape index (κ1) is 10.5. The van der Waals surface area contributed by atoms with E-state index in [0.717, 1.165) is 0 Å². The van der Waals surface area contributed by atoms with E-state index in [1.165, 1.54) is 7.11 Å². The number of nitrogens with one attached hydrogen (secondary N) is 1. The molecule has 1 rings (SSSR count). The highest BCUT2D eigenvalue weighted by atomic mass is 16.6. The van der Waals surface area contributed by atoms with Gasteiger partial charge in [0, 0.05) is 0 Å². The molecule has 76 valence electrons. The average Bonchev–Trinajstić information content (AvgIpc) is 2.19. The third-order valence-electron chi connectivity index (χ3n) is 1.63. The van der Waals surface area contributed by atoms with Gasteiger partial charge >= 0.3 is 0 Å². The van der Waals surface area contributed by atoms with Crippen LogP contribution in [-0.4, -0.2) is 19.6 Å². The fraction of sp³-hybridized carbons (Fsp3) is 0.300. The maximum absolute atomic E-state index is 11.4. The third kappa shape index (κ3) is 2.47. The van der Waals surface area contributed by atoms with E-state index in [2.05, 4.69) is 10.3 Å². The SMILES string of the molecule is CCOc1ccccc1C(=O)NOC. The Bertz CT molecular complexity index is 312. The minimum Gasteiger partial charge on any atom is -0.493 e. The summed E-state index contributed by atoms with van der Waals surface area (Å²) in [4.78, 5) is 16.0. The fourth-order valence-electron chi connectivity index (χ4n) is 1.08. The Balaban J connectivity index is 2.88. The van der Waals surface area contributed by atoms with Crippen LogP contribution in [0.15, 0.2) is 24.3 Å². The topological polar surface area (TPSA) is 47.6 Å². The molecule has 4 nitrogen and oxygen atoms in total. The van der Waals surface area contributed by atoms with Gasteiger partial charge in [0.25, 0.3) is 5.91 Å². The van der Waals surface area contributed by atoms with Gasteiger partial charge in [-0.25, -0.2) is 5.48 Å². The fourth-order valence-corrected chi connectivity index (χ4v) is 1.08. The van der Waals surface area contributed by atoms with Crippen LogP contribution in [-0.2, 0) is 4.84 Å². The Hall–Kier alpha value is -1.55. The molecule has 0 aliphatic heterocycles. The predicted molar refractivity (Wildman–Crippen MR) is 52.1 cm³/mol. The van der Waals surface area contributed by atoms with Crippen LogP contribution in [0.1, 0.15) is 17.3 Å². The maximum Gasteiger partial charge on any atom is 0.278 e. The molecule has 1 amide bonds. The van der Waals surface area contributed by atoms with Crippen LogP contribution in [0.5, 0.6) is 5.75 Å². The highest BCUT2D eigenvalue weighted by molar-refractivity contribution is 5.96. The zero-order valence-electron chi connectivity index (χ0n) is 8.24. The van der Waals surface area contributed by atoms with Gasteiger partial charge < -0.3 is 4.74 Å². The molecule has 14 heavy (non-hydrogen) atoms. The molecule has 1 N–H and O–H groups in total. The quantitative estimate of drug-likeness (QED) is 0.738. The van der Waals surface area contributed by atoms with Crippen LogP contribution in [0, 0.1) is 0 Å². The summed E-state index contributed by atoms with van der Waals surface area (Å²) >= 11 is 0. The molecule has 4 heteroatoms. The second-order valence-electron chi connectivity index (χ2n) is 2.56. The van der Waals surface area contributed by atoms with Crippen LogP contribution < -0.4 is 10.2 Å². The summed E-state index contributed by atoms with van der Waals surface area (Å²) in [6.07, 6.45) is 0. The lowest BCUT2D eigenvalue weighted by Crippen LogP contribution is -2.22. The van der Waals surface area contributed by atoms with Gasteiger partial charge in [-0.2, -0.15) is 0 Å². The predicted octanol–water partition coefficient (Wildman–Crippen LogP) is 1.38. The summed E-state index contributed by atoms with van der Waals surface area (Å²) in [5.74, 6) is 0.251. The molecule has 0 bridgehead atoms. The molecule has 0 heterocycles. The van der Waals surface area contributed by atoms with Gasteiger partial charge in [0.1, 0.15) is 5.75 Å². The molecule has 0 unspecified atom stereocenters. The van der Waals surface area contributed by atoms with Crippen molar-refractivity contribution in [3.8, 4) is 5.75 Å². The van der Waals surface area contributed by atoms with E-state index in [0.29, 0.717) is 17.9 Å². The Morgan fingerprint density at radius 3 is 2.79 bits per heavy atom. The van der Waals surface area contributed by atoms with Crippen molar-refractivity contribution in [2.24, 2.45) is 0 Å². The number of rotatable bonds is 4. The van der Waals surface area contributed by atoms with Crippen molar-refractivity contribution >= 4 is 5.91 Å². The second-order valence-corrected chi connectivity index (χ2v) is 2.56. The molecule has 0 spiro atoms. The lowest BCUT2D eigenvalue weighted by molar-refractivity contribution is 0.0534. The highest BCUT2D eigenvalue weighted by Gasteiger charge is 2.10. The van der Waals surface area contributed by atoms with E-state index in [1.807, 2.05) is 13.0 Å². The minimum atomic E-state index is -0.309. The van der Waals surface area contributed by atoms with Gasteiger partial charge in [-0.1, -0.05) is 12.1 Å². The van der Waals surface area contributed by atoms with Crippen LogP contribution >= 0.6 is 0 Å². The van der Waals surface area contributed by atoms with E-state index in [9.17, 15) is 4.79 Å². The lowest BCUT2D eigenvalue weighted by atomic mass is 10.2. The monoisotopic (exact) mass is 195 g/mol. The first-order valence-corrected chi connectivity index (χ1v) is 4.34. The summed E-state index contributed by atoms with van der Waals surface area (Å²) in [7, 11) is 1.39. The molecule has 0 radical (unpaired) electrons. The number of amides is 1. The van der Waals surface area contributed by atoms with Gasteiger partial charge in [-0.3, -0.25) is 9.63 Å². The minimum absolute atomic E-state index is 0.309. The highest BCUT2D eigenvalue weighted by Crippen LogP contribution is 2.17. The van der Waals surface area contributed by atoms with Crippen molar-refractivity contribution in [3.63, 3.8) is 0 Å². The summed E-state index contributed by atoms with van der Waals surface area (Å²) in [6, 6.07) is 7.01. The van der Waals surface area contributed by atoms with E-state index in [4.69, 9.17) is 4.74 Å². The lowest BCUT2D eigenvalue weighted by Gasteiger charge is -2.08. The second kappa shape index (κ2) is 5.24. The van der Waals surface area contributed by atoms with Crippen molar-refractivity contribution in [2.75, 3.05) is 13.7 Å². The summed E-state index contributed by atoms with van der Waals surface area (Å²) in [5, 5.41) is 0. The molecule has 1 aromatic carbocycles. The maximum atomic E-state index is 11.4. The Kier molecular flexibility index (Phi) is 3.94. The smallest absolute Gasteiger partial charge is 0.278 e. The van der Waals surface area contributed by atoms with Crippen molar-refractivity contribution in [3.05, 3.63) is 29.8 Å². The van der Waals surface area contributed by atoms with E-state index < -0.39 is 0 Å². The van der Waals surface area contributed by atoms with Gasteiger partial charge in [0.15, 0.2) is 0 Å². The molecule has 0 aliphatic carbocycles. The first-order valence-electron chi connectivity index (χ1n) is 4.34.